The predicted molar refractivity (Wildman–Crippen MR) is 116 cm³/mol. The van der Waals surface area contributed by atoms with Crippen LogP contribution < -0.4 is 18.9 Å². The van der Waals surface area contributed by atoms with Gasteiger partial charge in [-0.25, -0.2) is 5.01 Å². The van der Waals surface area contributed by atoms with E-state index in [1.807, 2.05) is 47.5 Å². The van der Waals surface area contributed by atoms with Gasteiger partial charge in [0.25, 0.3) is 0 Å². The molecule has 3 heterocycles. The van der Waals surface area contributed by atoms with E-state index in [1.54, 1.807) is 12.1 Å². The Kier molecular flexibility index (Phi) is 4.78. The number of halogens is 2. The summed E-state index contributed by atoms with van der Waals surface area (Å²) < 4.78 is 47.3. The van der Waals surface area contributed by atoms with Gasteiger partial charge in [-0.1, -0.05) is 18.2 Å². The Hall–Kier alpha value is -3.81. The Morgan fingerprint density at radius 1 is 0.909 bits per heavy atom. The van der Waals surface area contributed by atoms with Crippen LogP contribution in [0.3, 0.4) is 0 Å². The molecule has 168 valence electrons. The molecule has 3 aromatic rings. The molecular weight excluding hydrogens is 430 g/mol. The molecule has 8 heteroatoms. The summed E-state index contributed by atoms with van der Waals surface area (Å²) >= 11 is 0. The number of para-hydroxylation sites is 1. The number of hydrogen-bond acceptors (Lipinski definition) is 6. The van der Waals surface area contributed by atoms with Crippen LogP contribution in [0.2, 0.25) is 0 Å². The Balaban J connectivity index is 1.36. The van der Waals surface area contributed by atoms with Gasteiger partial charge in [-0.05, 0) is 48.5 Å². The van der Waals surface area contributed by atoms with E-state index in [0.29, 0.717) is 25.4 Å². The van der Waals surface area contributed by atoms with Gasteiger partial charge in [0, 0.05) is 23.1 Å². The number of hydrazone groups is 1. The van der Waals surface area contributed by atoms with Crippen molar-refractivity contribution in [3.8, 4) is 23.0 Å². The number of rotatable bonds is 4. The molecule has 6 rings (SSSR count). The Bertz CT molecular complexity index is 1220. The van der Waals surface area contributed by atoms with Gasteiger partial charge in [0.2, 0.25) is 6.23 Å². The predicted octanol–water partition coefficient (Wildman–Crippen LogP) is 5.30. The van der Waals surface area contributed by atoms with E-state index in [-0.39, 0.29) is 11.8 Å². The highest BCUT2D eigenvalue weighted by Gasteiger charge is 2.41. The fourth-order valence-electron chi connectivity index (χ4n) is 4.47. The minimum Gasteiger partial charge on any atom is -0.486 e. The fraction of sp³-hybridized carbons (Fsp3) is 0.240. The molecule has 3 aliphatic heterocycles. The second kappa shape index (κ2) is 7.95. The molecule has 3 aliphatic rings. The third-order valence-corrected chi connectivity index (χ3v) is 5.96. The fourth-order valence-corrected chi connectivity index (χ4v) is 4.47. The summed E-state index contributed by atoms with van der Waals surface area (Å²) in [6.07, 6.45) is 0.198. The standard InChI is InChI=1S/C25H20F2N2O4/c26-25(27)32-17-8-5-15(6-9-17)24-29-20(18-3-1-2-4-21(18)33-24)14-19(28-29)16-7-10-22-23(13-16)31-12-11-30-22/h1-10,13,20,24-25H,11-12,14H2. The summed E-state index contributed by atoms with van der Waals surface area (Å²) in [7, 11) is 0. The molecule has 0 saturated heterocycles. The highest BCUT2D eigenvalue weighted by molar-refractivity contribution is 6.02. The Morgan fingerprint density at radius 2 is 1.70 bits per heavy atom. The minimum absolute atomic E-state index is 0.0138. The lowest BCUT2D eigenvalue weighted by Crippen LogP contribution is -2.33. The van der Waals surface area contributed by atoms with Crippen LogP contribution in [0.15, 0.2) is 71.8 Å². The Morgan fingerprint density at radius 3 is 2.52 bits per heavy atom. The van der Waals surface area contributed by atoms with Gasteiger partial charge in [-0.2, -0.15) is 13.9 Å². The largest absolute Gasteiger partial charge is 0.486 e. The zero-order valence-electron chi connectivity index (χ0n) is 17.5. The molecule has 0 spiro atoms. The first-order valence-electron chi connectivity index (χ1n) is 10.7. The van der Waals surface area contributed by atoms with Crippen LogP contribution in [-0.4, -0.2) is 30.5 Å². The molecule has 0 N–H and O–H groups in total. The summed E-state index contributed by atoms with van der Waals surface area (Å²) in [6, 6.07) is 20.2. The molecule has 0 aromatic heterocycles. The van der Waals surface area contributed by atoms with Crippen LogP contribution in [0.5, 0.6) is 23.0 Å². The monoisotopic (exact) mass is 450 g/mol. The highest BCUT2D eigenvalue weighted by Crippen LogP contribution is 2.48. The van der Waals surface area contributed by atoms with Gasteiger partial charge in [0.05, 0.1) is 11.8 Å². The van der Waals surface area contributed by atoms with Crippen LogP contribution in [0.1, 0.15) is 35.4 Å². The summed E-state index contributed by atoms with van der Waals surface area (Å²) in [5.74, 6) is 2.34. The summed E-state index contributed by atoms with van der Waals surface area (Å²) in [4.78, 5) is 0. The minimum atomic E-state index is -2.87. The van der Waals surface area contributed by atoms with Crippen molar-refractivity contribution in [3.05, 3.63) is 83.4 Å². The maximum Gasteiger partial charge on any atom is 0.387 e. The number of nitrogens with zero attached hydrogens (tertiary/aromatic N) is 2. The second-order valence-electron chi connectivity index (χ2n) is 7.96. The maximum atomic E-state index is 12.5. The van der Waals surface area contributed by atoms with Crippen LogP contribution in [0.25, 0.3) is 0 Å². The van der Waals surface area contributed by atoms with Gasteiger partial charge in [0.1, 0.15) is 24.7 Å². The zero-order chi connectivity index (χ0) is 22.4. The van der Waals surface area contributed by atoms with E-state index in [2.05, 4.69) is 4.74 Å². The lowest BCUT2D eigenvalue weighted by atomic mass is 9.95. The van der Waals surface area contributed by atoms with Gasteiger partial charge in [0.15, 0.2) is 11.5 Å². The molecule has 0 radical (unpaired) electrons. The van der Waals surface area contributed by atoms with E-state index in [9.17, 15) is 8.78 Å². The van der Waals surface area contributed by atoms with E-state index in [4.69, 9.17) is 19.3 Å². The highest BCUT2D eigenvalue weighted by atomic mass is 19.3. The van der Waals surface area contributed by atoms with E-state index < -0.39 is 12.8 Å². The molecule has 0 aliphatic carbocycles. The maximum absolute atomic E-state index is 12.5. The van der Waals surface area contributed by atoms with E-state index in [1.165, 1.54) is 12.1 Å². The van der Waals surface area contributed by atoms with Gasteiger partial charge >= 0.3 is 6.61 Å². The quantitative estimate of drug-likeness (QED) is 0.540. The topological polar surface area (TPSA) is 52.5 Å². The number of fused-ring (bicyclic) bond motifs is 4. The van der Waals surface area contributed by atoms with Crippen molar-refractivity contribution < 1.29 is 27.7 Å². The average Bonchev–Trinajstić information content (AvgIpc) is 3.29. The van der Waals surface area contributed by atoms with Crippen molar-refractivity contribution >= 4 is 5.71 Å². The lowest BCUT2D eigenvalue weighted by molar-refractivity contribution is -0.0499. The second-order valence-corrected chi connectivity index (χ2v) is 7.96. The van der Waals surface area contributed by atoms with Crippen molar-refractivity contribution in [3.63, 3.8) is 0 Å². The zero-order valence-corrected chi connectivity index (χ0v) is 17.5. The first kappa shape index (κ1) is 19.8. The van der Waals surface area contributed by atoms with E-state index in [0.717, 1.165) is 33.9 Å². The third kappa shape index (κ3) is 3.61. The number of ether oxygens (including phenoxy) is 4. The molecule has 0 fully saturated rings. The smallest absolute Gasteiger partial charge is 0.387 e. The SMILES string of the molecule is FC(F)Oc1ccc(C2Oc3ccccc3C3CC(c4ccc5c(c4)OCCO5)=NN32)cc1. The van der Waals surface area contributed by atoms with Crippen molar-refractivity contribution in [2.24, 2.45) is 5.10 Å². The summed E-state index contributed by atoms with van der Waals surface area (Å²) in [5, 5.41) is 6.88. The average molecular weight is 450 g/mol. The molecule has 0 saturated carbocycles. The number of benzene rings is 3. The lowest BCUT2D eigenvalue weighted by Gasteiger charge is -2.38. The third-order valence-electron chi connectivity index (χ3n) is 5.96. The first-order chi connectivity index (χ1) is 16.2. The first-order valence-corrected chi connectivity index (χ1v) is 10.7. The van der Waals surface area contributed by atoms with Crippen molar-refractivity contribution in [1.29, 1.82) is 0 Å². The molecule has 2 atom stereocenters. The molecule has 0 bridgehead atoms. The van der Waals surface area contributed by atoms with Crippen molar-refractivity contribution in [2.45, 2.75) is 25.3 Å². The molecule has 33 heavy (non-hydrogen) atoms. The van der Waals surface area contributed by atoms with Crippen LogP contribution in [-0.2, 0) is 0 Å². The van der Waals surface area contributed by atoms with Crippen LogP contribution in [0, 0.1) is 0 Å². The normalized spacial score (nSPS) is 20.6. The van der Waals surface area contributed by atoms with E-state index >= 15 is 0 Å². The van der Waals surface area contributed by atoms with Crippen LogP contribution in [0.4, 0.5) is 8.78 Å². The molecule has 2 unspecified atom stereocenters. The Labute approximate surface area is 188 Å². The number of hydrogen-bond donors (Lipinski definition) is 0. The summed E-state index contributed by atoms with van der Waals surface area (Å²) in [6.45, 7) is -1.80. The van der Waals surface area contributed by atoms with Gasteiger partial charge < -0.3 is 18.9 Å². The molecule has 0 amide bonds. The van der Waals surface area contributed by atoms with Gasteiger partial charge in [-0.15, -0.1) is 0 Å². The molecule has 3 aromatic carbocycles. The van der Waals surface area contributed by atoms with Crippen molar-refractivity contribution in [2.75, 3.05) is 13.2 Å². The summed E-state index contributed by atoms with van der Waals surface area (Å²) in [5.41, 5.74) is 3.73. The number of alkyl halides is 2. The molecule has 6 nitrogen and oxygen atoms in total. The van der Waals surface area contributed by atoms with Gasteiger partial charge in [-0.3, -0.25) is 0 Å². The van der Waals surface area contributed by atoms with Crippen LogP contribution >= 0.6 is 0 Å². The van der Waals surface area contributed by atoms with Crippen molar-refractivity contribution in [1.82, 2.24) is 5.01 Å². The molecular formula is C25H20F2N2O4.